The highest BCUT2D eigenvalue weighted by molar-refractivity contribution is 9.11. The maximum Gasteiger partial charge on any atom is 0.433 e. The average molecular weight is 546 g/mol. The summed E-state index contributed by atoms with van der Waals surface area (Å²) >= 11 is 7.76. The molecule has 0 atom stereocenters. The Morgan fingerprint density at radius 2 is 1.86 bits per heavy atom. The van der Waals surface area contributed by atoms with E-state index >= 15 is 0 Å². The van der Waals surface area contributed by atoms with E-state index in [2.05, 4.69) is 47.3 Å². The van der Waals surface area contributed by atoms with Crippen molar-refractivity contribution >= 4 is 60.4 Å². The number of halogens is 5. The summed E-state index contributed by atoms with van der Waals surface area (Å²) < 4.78 is 42.5. The fourth-order valence-electron chi connectivity index (χ4n) is 2.61. The normalized spacial score (nSPS) is 11.8. The topological polar surface area (TPSA) is 59.3 Å². The molecule has 1 N–H and O–H groups in total. The minimum absolute atomic E-state index is 0.0796. The number of carbonyl (C=O) groups excluding carboxylic acids is 1. The molecule has 0 bridgehead atoms. The summed E-state index contributed by atoms with van der Waals surface area (Å²) in [7, 11) is 0. The first kappa shape index (κ1) is 20.0. The molecule has 0 aliphatic heterocycles. The van der Waals surface area contributed by atoms with E-state index in [-0.39, 0.29) is 21.5 Å². The number of alkyl halides is 3. The lowest BCUT2D eigenvalue weighted by Crippen LogP contribution is -2.15. The summed E-state index contributed by atoms with van der Waals surface area (Å²) in [5, 5.41) is 8.25. The van der Waals surface area contributed by atoms with E-state index in [1.54, 1.807) is 41.8 Å². The molecule has 0 fully saturated rings. The molecule has 0 aliphatic rings. The van der Waals surface area contributed by atoms with Gasteiger partial charge in [0.2, 0.25) is 0 Å². The Morgan fingerprint density at radius 3 is 2.48 bits per heavy atom. The zero-order valence-corrected chi connectivity index (χ0v) is 18.2. The number of benzene rings is 1. The van der Waals surface area contributed by atoms with Crippen molar-refractivity contribution in [3.8, 4) is 10.6 Å². The van der Waals surface area contributed by atoms with Gasteiger partial charge < -0.3 is 5.32 Å². The lowest BCUT2D eigenvalue weighted by atomic mass is 10.2. The molecule has 5 nitrogen and oxygen atoms in total. The van der Waals surface area contributed by atoms with Crippen LogP contribution in [-0.4, -0.2) is 20.5 Å². The van der Waals surface area contributed by atoms with Crippen LogP contribution in [0, 0.1) is 0 Å². The van der Waals surface area contributed by atoms with Gasteiger partial charge in [0.25, 0.3) is 5.91 Å². The molecule has 3 heterocycles. The van der Waals surface area contributed by atoms with Crippen LogP contribution in [0.15, 0.2) is 56.8 Å². The van der Waals surface area contributed by atoms with Crippen LogP contribution in [0.1, 0.15) is 16.2 Å². The largest absolute Gasteiger partial charge is 0.433 e. The molecule has 4 aromatic rings. The van der Waals surface area contributed by atoms with Gasteiger partial charge in [-0.15, -0.1) is 11.3 Å². The predicted molar refractivity (Wildman–Crippen MR) is 111 cm³/mol. The molecule has 0 saturated heterocycles. The minimum atomic E-state index is -4.68. The molecule has 0 saturated carbocycles. The van der Waals surface area contributed by atoms with Crippen molar-refractivity contribution < 1.29 is 18.0 Å². The molecule has 29 heavy (non-hydrogen) atoms. The van der Waals surface area contributed by atoms with Gasteiger partial charge in [-0.2, -0.15) is 18.3 Å². The molecule has 0 radical (unpaired) electrons. The quantitative estimate of drug-likeness (QED) is 0.331. The van der Waals surface area contributed by atoms with Gasteiger partial charge in [0.1, 0.15) is 0 Å². The number of amides is 1. The van der Waals surface area contributed by atoms with Crippen LogP contribution in [0.3, 0.4) is 0 Å². The molecule has 0 spiro atoms. The van der Waals surface area contributed by atoms with Crippen LogP contribution in [0.2, 0.25) is 0 Å². The van der Waals surface area contributed by atoms with E-state index in [0.717, 1.165) is 10.5 Å². The van der Waals surface area contributed by atoms with Crippen LogP contribution >= 0.6 is 43.2 Å². The molecule has 0 aliphatic carbocycles. The van der Waals surface area contributed by atoms with E-state index in [1.807, 2.05) is 0 Å². The van der Waals surface area contributed by atoms with Crippen molar-refractivity contribution in [1.29, 1.82) is 0 Å². The Labute approximate surface area is 182 Å². The number of nitrogens with zero attached hydrogens (tertiary/aromatic N) is 3. The summed E-state index contributed by atoms with van der Waals surface area (Å²) in [5.74, 6) is -0.657. The third kappa shape index (κ3) is 3.94. The van der Waals surface area contributed by atoms with Crippen molar-refractivity contribution in [3.63, 3.8) is 0 Å². The van der Waals surface area contributed by atoms with E-state index in [1.165, 1.54) is 11.3 Å². The van der Waals surface area contributed by atoms with Crippen molar-refractivity contribution in [2.75, 3.05) is 5.32 Å². The van der Waals surface area contributed by atoms with Crippen LogP contribution in [-0.2, 0) is 6.18 Å². The molecule has 3 aromatic heterocycles. The lowest BCUT2D eigenvalue weighted by Gasteiger charge is -2.10. The summed E-state index contributed by atoms with van der Waals surface area (Å²) in [6.07, 6.45) is -4.68. The predicted octanol–water partition coefficient (Wildman–Crippen LogP) is 6.25. The lowest BCUT2D eigenvalue weighted by molar-refractivity contribution is -0.142. The van der Waals surface area contributed by atoms with Crippen molar-refractivity contribution in [2.24, 2.45) is 0 Å². The number of hydrogen-bond donors (Lipinski definition) is 1. The first-order valence-corrected chi connectivity index (χ1v) is 10.5. The van der Waals surface area contributed by atoms with Gasteiger partial charge in [-0.05, 0) is 57.7 Å². The highest BCUT2D eigenvalue weighted by Gasteiger charge is 2.36. The molecule has 11 heteroatoms. The second-order valence-corrected chi connectivity index (χ2v) is 8.52. The Bertz CT molecular complexity index is 1200. The van der Waals surface area contributed by atoms with Crippen LogP contribution in [0.5, 0.6) is 0 Å². The van der Waals surface area contributed by atoms with Crippen molar-refractivity contribution in [2.45, 2.75) is 6.18 Å². The maximum absolute atomic E-state index is 13.7. The van der Waals surface area contributed by atoms with E-state index < -0.39 is 17.8 Å². The molecule has 1 aromatic carbocycles. The number of aromatic nitrogens is 3. The maximum atomic E-state index is 13.7. The van der Waals surface area contributed by atoms with Gasteiger partial charge >= 0.3 is 6.18 Å². The van der Waals surface area contributed by atoms with E-state index in [4.69, 9.17) is 0 Å². The number of anilines is 1. The summed E-state index contributed by atoms with van der Waals surface area (Å²) in [6.45, 7) is 0. The molecule has 4 rings (SSSR count). The fourth-order valence-corrected chi connectivity index (χ4v) is 4.08. The van der Waals surface area contributed by atoms with Gasteiger partial charge in [0.15, 0.2) is 17.0 Å². The Kier molecular flexibility index (Phi) is 5.21. The summed E-state index contributed by atoms with van der Waals surface area (Å²) in [5.41, 5.74) is -0.682. The monoisotopic (exact) mass is 544 g/mol. The Balaban J connectivity index is 1.83. The van der Waals surface area contributed by atoms with Gasteiger partial charge in [-0.1, -0.05) is 22.0 Å². The van der Waals surface area contributed by atoms with Gasteiger partial charge in [0.05, 0.1) is 15.0 Å². The first-order valence-electron chi connectivity index (χ1n) is 8.01. The number of hydrogen-bond acceptors (Lipinski definition) is 4. The molecule has 148 valence electrons. The number of nitrogens with one attached hydrogen (secondary N) is 1. The number of fused-ring (bicyclic) bond motifs is 1. The highest BCUT2D eigenvalue weighted by atomic mass is 79.9. The van der Waals surface area contributed by atoms with E-state index in [0.29, 0.717) is 15.1 Å². The number of carbonyl (C=O) groups is 1. The first-order chi connectivity index (χ1) is 13.7. The molecule has 0 unspecified atom stereocenters. The summed E-state index contributed by atoms with van der Waals surface area (Å²) in [6, 6.07) is 11.1. The van der Waals surface area contributed by atoms with Crippen LogP contribution in [0.25, 0.3) is 16.2 Å². The molecular formula is C18H9Br2F3N4OS. The van der Waals surface area contributed by atoms with Gasteiger partial charge in [-0.25, -0.2) is 9.50 Å². The highest BCUT2D eigenvalue weighted by Crippen LogP contribution is 2.35. The second-order valence-electron chi connectivity index (χ2n) is 5.86. The third-order valence-corrected chi connectivity index (χ3v) is 6.07. The Morgan fingerprint density at radius 1 is 1.14 bits per heavy atom. The Hall–Kier alpha value is -2.24. The fraction of sp³-hybridized carbons (Fsp3) is 0.0556. The van der Waals surface area contributed by atoms with Gasteiger partial charge in [-0.3, -0.25) is 4.79 Å². The summed E-state index contributed by atoms with van der Waals surface area (Å²) in [4.78, 5) is 17.5. The SMILES string of the molecule is O=C(Nc1ccc(Br)cc1)c1nn2c(C(F)(F)F)cc(-c3cccs3)nc2c1Br. The average Bonchev–Trinajstić information content (AvgIpc) is 3.31. The third-order valence-electron chi connectivity index (χ3n) is 3.91. The molecule has 1 amide bonds. The zero-order chi connectivity index (χ0) is 20.8. The molecular weight excluding hydrogens is 537 g/mol. The number of rotatable bonds is 3. The van der Waals surface area contributed by atoms with E-state index in [9.17, 15) is 18.0 Å². The zero-order valence-electron chi connectivity index (χ0n) is 14.2. The van der Waals surface area contributed by atoms with Crippen molar-refractivity contribution in [3.05, 3.63) is 68.2 Å². The standard InChI is InChI=1S/C18H9Br2F3N4OS/c19-9-3-5-10(6-4-9)24-17(28)15-14(20)16-25-11(12-2-1-7-29-12)8-13(18(21,22)23)27(16)26-15/h1-8H,(H,24,28). The minimum Gasteiger partial charge on any atom is -0.321 e. The number of thiophene rings is 1. The van der Waals surface area contributed by atoms with Crippen LogP contribution in [0.4, 0.5) is 18.9 Å². The second kappa shape index (κ2) is 7.54. The van der Waals surface area contributed by atoms with Crippen molar-refractivity contribution in [1.82, 2.24) is 14.6 Å². The van der Waals surface area contributed by atoms with Gasteiger partial charge in [0, 0.05) is 10.2 Å². The van der Waals surface area contributed by atoms with Crippen LogP contribution < -0.4 is 5.32 Å². The smallest absolute Gasteiger partial charge is 0.321 e.